The number of ether oxygens (including phenoxy) is 1. The third-order valence-electron chi connectivity index (χ3n) is 2.36. The largest absolute Gasteiger partial charge is 0.465 e. The van der Waals surface area contributed by atoms with Crippen LogP contribution in [0.5, 0.6) is 0 Å². The molecule has 2 aromatic rings. The quantitative estimate of drug-likeness (QED) is 0.649. The molecule has 0 aliphatic rings. The van der Waals surface area contributed by atoms with E-state index in [2.05, 4.69) is 31.9 Å². The molecule has 0 bridgehead atoms. The fourth-order valence-electron chi connectivity index (χ4n) is 1.42. The van der Waals surface area contributed by atoms with E-state index in [0.29, 0.717) is 5.13 Å². The molecule has 0 fully saturated rings. The first kappa shape index (κ1) is 14.7. The number of rotatable bonds is 5. The second-order valence-electron chi connectivity index (χ2n) is 3.74. The Morgan fingerprint density at radius 3 is 2.71 bits per heavy atom. The van der Waals surface area contributed by atoms with Gasteiger partial charge < -0.3 is 15.4 Å². The maximum Gasteiger partial charge on any atom is 0.352 e. The van der Waals surface area contributed by atoms with Crippen molar-refractivity contribution < 1.29 is 14.3 Å². The first-order chi connectivity index (χ1) is 10.1. The molecule has 0 aromatic carbocycles. The summed E-state index contributed by atoms with van der Waals surface area (Å²) in [6, 6.07) is 3.50. The minimum atomic E-state index is -0.574. The lowest BCUT2D eigenvalue weighted by molar-refractivity contribution is -0.111. The summed E-state index contributed by atoms with van der Waals surface area (Å²) in [6.45, 7) is 3.35. The van der Waals surface area contributed by atoms with Crippen LogP contribution in [0.4, 0.5) is 16.6 Å². The normalized spacial score (nSPS) is 9.76. The van der Waals surface area contributed by atoms with Crippen LogP contribution in [0.15, 0.2) is 37.2 Å². The van der Waals surface area contributed by atoms with E-state index in [1.54, 1.807) is 24.5 Å². The average Bonchev–Trinajstić information content (AvgIpc) is 2.89. The third-order valence-corrected chi connectivity index (χ3v) is 3.31. The van der Waals surface area contributed by atoms with Crippen molar-refractivity contribution in [2.75, 3.05) is 17.7 Å². The van der Waals surface area contributed by atoms with E-state index in [-0.39, 0.29) is 10.7 Å². The third kappa shape index (κ3) is 3.63. The summed E-state index contributed by atoms with van der Waals surface area (Å²) in [5, 5.41) is 5.93. The Kier molecular flexibility index (Phi) is 4.62. The van der Waals surface area contributed by atoms with Crippen molar-refractivity contribution in [1.29, 1.82) is 0 Å². The topological polar surface area (TPSA) is 93.2 Å². The van der Waals surface area contributed by atoms with Crippen molar-refractivity contribution >= 4 is 39.9 Å². The Hall–Kier alpha value is -2.74. The van der Waals surface area contributed by atoms with Gasteiger partial charge in [-0.1, -0.05) is 17.9 Å². The molecule has 0 unspecified atom stereocenters. The van der Waals surface area contributed by atoms with Crippen LogP contribution in [0.2, 0.25) is 0 Å². The van der Waals surface area contributed by atoms with Gasteiger partial charge in [0.25, 0.3) is 0 Å². The summed E-state index contributed by atoms with van der Waals surface area (Å²) in [7, 11) is 1.26. The van der Waals surface area contributed by atoms with Gasteiger partial charge in [-0.25, -0.2) is 9.78 Å². The van der Waals surface area contributed by atoms with Crippen molar-refractivity contribution in [3.63, 3.8) is 0 Å². The van der Waals surface area contributed by atoms with E-state index >= 15 is 0 Å². The number of aromatic nitrogens is 2. The molecule has 1 amide bonds. The Morgan fingerprint density at radius 2 is 2.10 bits per heavy atom. The van der Waals surface area contributed by atoms with Crippen molar-refractivity contribution in [1.82, 2.24) is 9.97 Å². The van der Waals surface area contributed by atoms with E-state index in [1.165, 1.54) is 7.11 Å². The highest BCUT2D eigenvalue weighted by atomic mass is 32.1. The molecular formula is C13H12N4O3S. The minimum absolute atomic E-state index is 0.133. The van der Waals surface area contributed by atoms with E-state index in [4.69, 9.17) is 0 Å². The summed E-state index contributed by atoms with van der Waals surface area (Å²) >= 11 is 1.07. The number of methoxy groups -OCH3 is 1. The molecule has 8 heteroatoms. The van der Waals surface area contributed by atoms with Crippen LogP contribution in [-0.2, 0) is 9.53 Å². The molecule has 2 rings (SSSR count). The number of hydrogen-bond acceptors (Lipinski definition) is 7. The Bertz CT molecular complexity index is 669. The molecule has 0 saturated carbocycles. The number of hydrogen-bond donors (Lipinski definition) is 2. The molecule has 0 saturated heterocycles. The standard InChI is InChI=1S/C13H12N4O3S/c1-3-9(18)16-11-10(12(19)20-2)21-13(17-11)15-8-4-6-14-7-5-8/h3-7H,1H2,2H3,(H,16,18)(H,14,15,17). The number of pyridine rings is 1. The van der Waals surface area contributed by atoms with Crippen molar-refractivity contribution in [3.8, 4) is 0 Å². The first-order valence-electron chi connectivity index (χ1n) is 5.83. The van der Waals surface area contributed by atoms with Gasteiger partial charge in [0.05, 0.1) is 7.11 Å². The number of anilines is 3. The summed E-state index contributed by atoms with van der Waals surface area (Å²) in [4.78, 5) is 31.3. The summed E-state index contributed by atoms with van der Waals surface area (Å²) in [5.41, 5.74) is 0.761. The smallest absolute Gasteiger partial charge is 0.352 e. The second kappa shape index (κ2) is 6.62. The zero-order valence-electron chi connectivity index (χ0n) is 11.1. The average molecular weight is 304 g/mol. The van der Waals surface area contributed by atoms with Gasteiger partial charge in [-0.3, -0.25) is 9.78 Å². The molecule has 0 radical (unpaired) electrons. The van der Waals surface area contributed by atoms with Gasteiger partial charge in [-0.2, -0.15) is 0 Å². The van der Waals surface area contributed by atoms with Crippen LogP contribution < -0.4 is 10.6 Å². The first-order valence-corrected chi connectivity index (χ1v) is 6.65. The summed E-state index contributed by atoms with van der Waals surface area (Å²) in [5.74, 6) is -0.899. The molecule has 2 heterocycles. The highest BCUT2D eigenvalue weighted by Crippen LogP contribution is 2.29. The molecule has 0 aliphatic heterocycles. The lowest BCUT2D eigenvalue weighted by atomic mass is 10.4. The van der Waals surface area contributed by atoms with E-state index in [0.717, 1.165) is 23.1 Å². The molecule has 21 heavy (non-hydrogen) atoms. The number of thiazole rings is 1. The number of carbonyl (C=O) groups excluding carboxylic acids is 2. The number of amides is 1. The Balaban J connectivity index is 2.29. The Morgan fingerprint density at radius 1 is 1.38 bits per heavy atom. The zero-order valence-corrected chi connectivity index (χ0v) is 11.9. The van der Waals surface area contributed by atoms with Crippen molar-refractivity contribution in [2.45, 2.75) is 0 Å². The number of carbonyl (C=O) groups is 2. The van der Waals surface area contributed by atoms with E-state index < -0.39 is 11.9 Å². The second-order valence-corrected chi connectivity index (χ2v) is 4.74. The van der Waals surface area contributed by atoms with Gasteiger partial charge in [-0.15, -0.1) is 0 Å². The number of nitrogens with zero attached hydrogens (tertiary/aromatic N) is 2. The van der Waals surface area contributed by atoms with Gasteiger partial charge in [0.15, 0.2) is 15.8 Å². The molecule has 0 spiro atoms. The highest BCUT2D eigenvalue weighted by molar-refractivity contribution is 7.18. The lowest BCUT2D eigenvalue weighted by Gasteiger charge is -2.00. The molecule has 0 aliphatic carbocycles. The Labute approximate surface area is 124 Å². The van der Waals surface area contributed by atoms with Crippen molar-refractivity contribution in [2.24, 2.45) is 0 Å². The van der Waals surface area contributed by atoms with Crippen LogP contribution in [0.3, 0.4) is 0 Å². The van der Waals surface area contributed by atoms with Gasteiger partial charge in [-0.05, 0) is 18.2 Å². The maximum absolute atomic E-state index is 11.7. The maximum atomic E-state index is 11.7. The fraction of sp³-hybridized carbons (Fsp3) is 0.0769. The molecular weight excluding hydrogens is 292 g/mol. The molecule has 2 N–H and O–H groups in total. The highest BCUT2D eigenvalue weighted by Gasteiger charge is 2.20. The van der Waals surface area contributed by atoms with Crippen molar-refractivity contribution in [3.05, 3.63) is 42.1 Å². The molecule has 2 aromatic heterocycles. The van der Waals surface area contributed by atoms with Crippen LogP contribution in [-0.4, -0.2) is 29.0 Å². The number of nitrogens with one attached hydrogen (secondary N) is 2. The van der Waals surface area contributed by atoms with E-state index in [9.17, 15) is 9.59 Å². The van der Waals surface area contributed by atoms with Gasteiger partial charge in [0.2, 0.25) is 5.91 Å². The van der Waals surface area contributed by atoms with E-state index in [1.807, 2.05) is 0 Å². The summed E-state index contributed by atoms with van der Waals surface area (Å²) < 4.78 is 4.67. The lowest BCUT2D eigenvalue weighted by Crippen LogP contribution is -2.11. The van der Waals surface area contributed by atoms with Crippen LogP contribution >= 0.6 is 11.3 Å². The van der Waals surface area contributed by atoms with Gasteiger partial charge >= 0.3 is 5.97 Å². The molecule has 108 valence electrons. The van der Waals surface area contributed by atoms with Crippen LogP contribution in [0.1, 0.15) is 9.67 Å². The summed E-state index contributed by atoms with van der Waals surface area (Å²) in [6.07, 6.45) is 4.34. The number of esters is 1. The minimum Gasteiger partial charge on any atom is -0.465 e. The predicted molar refractivity (Wildman–Crippen MR) is 79.8 cm³/mol. The molecule has 7 nitrogen and oxygen atoms in total. The molecule has 0 atom stereocenters. The SMILES string of the molecule is C=CC(=O)Nc1nc(Nc2ccncc2)sc1C(=O)OC. The van der Waals surface area contributed by atoms with Crippen LogP contribution in [0.25, 0.3) is 0 Å². The zero-order chi connectivity index (χ0) is 15.2. The predicted octanol–water partition coefficient (Wildman–Crippen LogP) is 2.19. The van der Waals surface area contributed by atoms with Gasteiger partial charge in [0, 0.05) is 18.1 Å². The van der Waals surface area contributed by atoms with Gasteiger partial charge in [0.1, 0.15) is 0 Å². The fourth-order valence-corrected chi connectivity index (χ4v) is 2.28. The van der Waals surface area contributed by atoms with Crippen LogP contribution in [0, 0.1) is 0 Å². The monoisotopic (exact) mass is 304 g/mol.